The molecule has 36 heavy (non-hydrogen) atoms. The molecule has 9 nitrogen and oxygen atoms in total. The summed E-state index contributed by atoms with van der Waals surface area (Å²) in [6.45, 7) is 6.06. The van der Waals surface area contributed by atoms with Gasteiger partial charge in [0.25, 0.3) is 5.91 Å². The molecule has 0 spiro atoms. The van der Waals surface area contributed by atoms with Gasteiger partial charge in [0, 0.05) is 41.9 Å². The summed E-state index contributed by atoms with van der Waals surface area (Å²) in [4.78, 5) is 42.3. The molecule has 9 heteroatoms. The number of aromatic nitrogens is 2. The summed E-state index contributed by atoms with van der Waals surface area (Å²) in [7, 11) is 0. The molecule has 2 aromatic carbocycles. The van der Waals surface area contributed by atoms with Crippen LogP contribution in [0.5, 0.6) is 11.5 Å². The summed E-state index contributed by atoms with van der Waals surface area (Å²) in [5.74, 6) is 0.106. The zero-order valence-electron chi connectivity index (χ0n) is 20.4. The number of hydrogen-bond acceptors (Lipinski definition) is 5. The summed E-state index contributed by atoms with van der Waals surface area (Å²) >= 11 is 0. The van der Waals surface area contributed by atoms with Crippen LogP contribution in [0.25, 0.3) is 21.8 Å². The maximum atomic E-state index is 13.2. The van der Waals surface area contributed by atoms with Gasteiger partial charge in [0.1, 0.15) is 11.6 Å². The van der Waals surface area contributed by atoms with Crippen molar-refractivity contribution in [2.24, 2.45) is 0 Å². The number of carbonyl (C=O) groups is 2. The van der Waals surface area contributed by atoms with Crippen molar-refractivity contribution in [1.29, 1.82) is 0 Å². The van der Waals surface area contributed by atoms with E-state index in [2.05, 4.69) is 15.6 Å². The van der Waals surface area contributed by atoms with Crippen molar-refractivity contribution in [3.05, 3.63) is 70.1 Å². The fourth-order valence-electron chi connectivity index (χ4n) is 4.59. The second-order valence-electron chi connectivity index (χ2n) is 9.05. The average molecular weight is 489 g/mol. The number of benzene rings is 2. The van der Waals surface area contributed by atoms with Crippen molar-refractivity contribution in [3.8, 4) is 11.5 Å². The highest BCUT2D eigenvalue weighted by Gasteiger charge is 2.23. The van der Waals surface area contributed by atoms with Crippen LogP contribution in [0.2, 0.25) is 0 Å². The minimum Gasteiger partial charge on any atom is -0.454 e. The van der Waals surface area contributed by atoms with Gasteiger partial charge < -0.3 is 29.7 Å². The van der Waals surface area contributed by atoms with Crippen LogP contribution < -0.4 is 25.5 Å². The first-order valence-corrected chi connectivity index (χ1v) is 12.0. The SMILES string of the molecule is CCn1cc(C(=O)NC(C)C(=O)NC(C)Cc2c[nH]c3ccccc23)c(=O)c2cc3c(cc21)OCO3. The Bertz CT molecular complexity index is 1540. The van der Waals surface area contributed by atoms with Crippen molar-refractivity contribution >= 4 is 33.6 Å². The number of nitrogens with zero attached hydrogens (tertiary/aromatic N) is 1. The monoisotopic (exact) mass is 488 g/mol. The Labute approximate surface area is 207 Å². The van der Waals surface area contributed by atoms with E-state index in [9.17, 15) is 14.4 Å². The van der Waals surface area contributed by atoms with Gasteiger partial charge in [-0.2, -0.15) is 0 Å². The van der Waals surface area contributed by atoms with Crippen LogP contribution in [-0.2, 0) is 17.8 Å². The molecule has 0 aliphatic carbocycles. The number of para-hydroxylation sites is 1. The first-order chi connectivity index (χ1) is 17.4. The van der Waals surface area contributed by atoms with E-state index in [-0.39, 0.29) is 24.3 Å². The van der Waals surface area contributed by atoms with Crippen molar-refractivity contribution in [2.45, 2.75) is 45.8 Å². The molecule has 4 aromatic rings. The fourth-order valence-corrected chi connectivity index (χ4v) is 4.59. The highest BCUT2D eigenvalue weighted by molar-refractivity contribution is 6.00. The van der Waals surface area contributed by atoms with Crippen LogP contribution in [0, 0.1) is 0 Å². The van der Waals surface area contributed by atoms with Crippen LogP contribution in [0.15, 0.2) is 53.6 Å². The molecule has 2 amide bonds. The molecule has 0 saturated carbocycles. The Morgan fingerprint density at radius 1 is 1.08 bits per heavy atom. The van der Waals surface area contributed by atoms with Crippen molar-refractivity contribution in [3.63, 3.8) is 0 Å². The second-order valence-corrected chi connectivity index (χ2v) is 9.05. The highest BCUT2D eigenvalue weighted by atomic mass is 16.7. The van der Waals surface area contributed by atoms with Crippen LogP contribution in [0.1, 0.15) is 36.7 Å². The third-order valence-electron chi connectivity index (χ3n) is 6.49. The van der Waals surface area contributed by atoms with Gasteiger partial charge in [-0.05, 0) is 44.9 Å². The lowest BCUT2D eigenvalue weighted by molar-refractivity contribution is -0.123. The Hall–Kier alpha value is -4.27. The average Bonchev–Trinajstić information content (AvgIpc) is 3.50. The van der Waals surface area contributed by atoms with E-state index in [1.54, 1.807) is 19.1 Å². The van der Waals surface area contributed by atoms with Crippen LogP contribution in [0.3, 0.4) is 0 Å². The van der Waals surface area contributed by atoms with E-state index in [0.717, 1.165) is 16.5 Å². The summed E-state index contributed by atoms with van der Waals surface area (Å²) in [5, 5.41) is 7.10. The van der Waals surface area contributed by atoms with Crippen LogP contribution >= 0.6 is 0 Å². The van der Waals surface area contributed by atoms with Gasteiger partial charge in [-0.1, -0.05) is 18.2 Å². The highest BCUT2D eigenvalue weighted by Crippen LogP contribution is 2.35. The number of fused-ring (bicyclic) bond motifs is 3. The maximum Gasteiger partial charge on any atom is 0.257 e. The summed E-state index contributed by atoms with van der Waals surface area (Å²) < 4.78 is 12.6. The number of aromatic amines is 1. The number of pyridine rings is 1. The molecule has 2 aromatic heterocycles. The number of H-pyrrole nitrogens is 1. The molecule has 3 N–H and O–H groups in total. The Morgan fingerprint density at radius 2 is 1.83 bits per heavy atom. The number of aryl methyl sites for hydroxylation is 1. The van der Waals surface area contributed by atoms with Gasteiger partial charge >= 0.3 is 0 Å². The van der Waals surface area contributed by atoms with Crippen molar-refractivity contribution in [1.82, 2.24) is 20.2 Å². The third-order valence-corrected chi connectivity index (χ3v) is 6.49. The Morgan fingerprint density at radius 3 is 2.61 bits per heavy atom. The number of nitrogens with one attached hydrogen (secondary N) is 3. The van der Waals surface area contributed by atoms with E-state index >= 15 is 0 Å². The summed E-state index contributed by atoms with van der Waals surface area (Å²) in [6.07, 6.45) is 4.11. The van der Waals surface area contributed by atoms with E-state index in [0.29, 0.717) is 35.4 Å². The van der Waals surface area contributed by atoms with Gasteiger partial charge in [0.15, 0.2) is 11.5 Å². The van der Waals surface area contributed by atoms with Gasteiger partial charge in [-0.3, -0.25) is 14.4 Å². The van der Waals surface area contributed by atoms with E-state index in [1.807, 2.05) is 48.9 Å². The second kappa shape index (κ2) is 9.41. The third kappa shape index (κ3) is 4.28. The number of carbonyl (C=O) groups excluding carboxylic acids is 2. The molecule has 2 atom stereocenters. The number of ether oxygens (including phenoxy) is 2. The molecule has 3 heterocycles. The molecule has 0 bridgehead atoms. The quantitative estimate of drug-likeness (QED) is 0.370. The van der Waals surface area contributed by atoms with Gasteiger partial charge in [0.2, 0.25) is 18.1 Å². The summed E-state index contributed by atoms with van der Waals surface area (Å²) in [6, 6.07) is 10.4. The Kier molecular flexibility index (Phi) is 6.13. The molecule has 2 unspecified atom stereocenters. The van der Waals surface area contributed by atoms with Crippen molar-refractivity contribution in [2.75, 3.05) is 6.79 Å². The molecule has 0 fully saturated rings. The predicted octanol–water partition coefficient (Wildman–Crippen LogP) is 3.10. The molecule has 1 aliphatic heterocycles. The lowest BCUT2D eigenvalue weighted by atomic mass is 10.1. The smallest absolute Gasteiger partial charge is 0.257 e. The fraction of sp³-hybridized carbons (Fsp3) is 0.296. The van der Waals surface area contributed by atoms with E-state index in [4.69, 9.17) is 9.47 Å². The molecule has 0 saturated heterocycles. The molecule has 1 aliphatic rings. The minimum absolute atomic E-state index is 0.0327. The largest absolute Gasteiger partial charge is 0.454 e. The van der Waals surface area contributed by atoms with E-state index < -0.39 is 17.4 Å². The van der Waals surface area contributed by atoms with Gasteiger partial charge in [0.05, 0.1) is 10.9 Å². The topological polar surface area (TPSA) is 114 Å². The van der Waals surface area contributed by atoms with Crippen LogP contribution in [0.4, 0.5) is 0 Å². The first kappa shape index (κ1) is 23.5. The molecule has 5 rings (SSSR count). The summed E-state index contributed by atoms with van der Waals surface area (Å²) in [5.41, 5.74) is 2.34. The van der Waals surface area contributed by atoms with Gasteiger partial charge in [-0.15, -0.1) is 0 Å². The Balaban J connectivity index is 1.30. The first-order valence-electron chi connectivity index (χ1n) is 12.0. The zero-order chi connectivity index (χ0) is 25.4. The lowest BCUT2D eigenvalue weighted by Gasteiger charge is -2.19. The van der Waals surface area contributed by atoms with Crippen molar-refractivity contribution < 1.29 is 19.1 Å². The molecular formula is C27H28N4O5. The normalized spacial score (nSPS) is 14.1. The lowest BCUT2D eigenvalue weighted by Crippen LogP contribution is -2.48. The number of hydrogen-bond donors (Lipinski definition) is 3. The molecule has 186 valence electrons. The predicted molar refractivity (Wildman–Crippen MR) is 137 cm³/mol. The van der Waals surface area contributed by atoms with Crippen LogP contribution in [-0.4, -0.2) is 40.2 Å². The zero-order valence-corrected chi connectivity index (χ0v) is 20.4. The minimum atomic E-state index is -0.829. The number of rotatable bonds is 7. The number of amides is 2. The maximum absolute atomic E-state index is 13.2. The van der Waals surface area contributed by atoms with E-state index in [1.165, 1.54) is 6.20 Å². The molecular weight excluding hydrogens is 460 g/mol. The van der Waals surface area contributed by atoms with Gasteiger partial charge in [-0.25, -0.2) is 0 Å². The molecule has 0 radical (unpaired) electrons. The standard InChI is InChI=1S/C27H28N4O5/c1-4-31-13-20(25(32)19-10-23-24(11-22(19)31)36-14-35-23)27(34)30-16(3)26(33)29-15(2)9-17-12-28-21-8-6-5-7-18(17)21/h5-8,10-13,15-16,28H,4,9,14H2,1-3H3,(H,29,33)(H,30,34).